The molecule has 5 nitrogen and oxygen atoms in total. The number of ether oxygens (including phenoxy) is 2. The number of hydrogen-bond acceptors (Lipinski definition) is 4. The number of benzene rings is 2. The van der Waals surface area contributed by atoms with E-state index in [-0.39, 0.29) is 10.3 Å². The summed E-state index contributed by atoms with van der Waals surface area (Å²) in [5.41, 5.74) is 0.895. The lowest BCUT2D eigenvalue weighted by Crippen LogP contribution is -2.32. The summed E-state index contributed by atoms with van der Waals surface area (Å²) < 4.78 is 38.9. The zero-order valence-corrected chi connectivity index (χ0v) is 15.1. The first-order chi connectivity index (χ1) is 12.0. The third-order valence-corrected chi connectivity index (χ3v) is 6.35. The molecule has 0 atom stereocenters. The zero-order chi connectivity index (χ0) is 17.5. The highest BCUT2D eigenvalue weighted by atomic mass is 35.5. The first-order valence-electron chi connectivity index (χ1n) is 8.14. The second-order valence-corrected chi connectivity index (χ2v) is 8.62. The first-order valence-corrected chi connectivity index (χ1v) is 10.0. The molecule has 0 amide bonds. The molecule has 1 saturated carbocycles. The van der Waals surface area contributed by atoms with Crippen molar-refractivity contribution in [3.63, 3.8) is 0 Å². The number of hydrogen-bond donors (Lipinski definition) is 1. The fourth-order valence-corrected chi connectivity index (χ4v) is 4.47. The van der Waals surface area contributed by atoms with Crippen LogP contribution in [0, 0.1) is 0 Å². The predicted octanol–water partition coefficient (Wildman–Crippen LogP) is 3.12. The molecule has 2 aliphatic rings. The number of halogens is 1. The van der Waals surface area contributed by atoms with Crippen LogP contribution in [0.15, 0.2) is 47.4 Å². The Balaban J connectivity index is 1.53. The van der Waals surface area contributed by atoms with E-state index in [0.717, 1.165) is 29.9 Å². The molecule has 7 heteroatoms. The standard InChI is InChI=1S/C18H18ClNO4S/c19-14-2-1-3-15(11-14)25(21,22)20-12-18(6-7-18)13-4-5-16-17(10-13)24-9-8-23-16/h1-5,10-11,20H,6-9,12H2. The Morgan fingerprint density at radius 3 is 2.52 bits per heavy atom. The number of nitrogens with one attached hydrogen (secondary N) is 1. The normalized spacial score (nSPS) is 18.0. The van der Waals surface area contributed by atoms with Crippen molar-refractivity contribution in [1.82, 2.24) is 4.72 Å². The Morgan fingerprint density at radius 2 is 1.80 bits per heavy atom. The topological polar surface area (TPSA) is 64.6 Å². The smallest absolute Gasteiger partial charge is 0.240 e. The number of fused-ring (bicyclic) bond motifs is 1. The Labute approximate surface area is 152 Å². The summed E-state index contributed by atoms with van der Waals surface area (Å²) in [5.74, 6) is 1.47. The first kappa shape index (κ1) is 16.7. The van der Waals surface area contributed by atoms with Crippen LogP contribution in [0.1, 0.15) is 18.4 Å². The van der Waals surface area contributed by atoms with Crippen molar-refractivity contribution in [2.75, 3.05) is 19.8 Å². The average Bonchev–Trinajstić information content (AvgIpc) is 3.41. The molecule has 2 aromatic rings. The Kier molecular flexibility index (Phi) is 4.14. The molecule has 132 valence electrons. The van der Waals surface area contributed by atoms with Gasteiger partial charge in [-0.3, -0.25) is 0 Å². The van der Waals surface area contributed by atoms with E-state index in [1.54, 1.807) is 12.1 Å². The average molecular weight is 380 g/mol. The summed E-state index contributed by atoms with van der Waals surface area (Å²) in [6, 6.07) is 12.1. The van der Waals surface area contributed by atoms with E-state index in [9.17, 15) is 8.42 Å². The van der Waals surface area contributed by atoms with Crippen LogP contribution in [0.3, 0.4) is 0 Å². The van der Waals surface area contributed by atoms with Crippen molar-refractivity contribution in [2.24, 2.45) is 0 Å². The van der Waals surface area contributed by atoms with Gasteiger partial charge in [-0.15, -0.1) is 0 Å². The third kappa shape index (κ3) is 3.34. The summed E-state index contributed by atoms with van der Waals surface area (Å²) in [4.78, 5) is 0.179. The minimum absolute atomic E-state index is 0.179. The largest absolute Gasteiger partial charge is 0.486 e. The second-order valence-electron chi connectivity index (χ2n) is 6.42. The maximum absolute atomic E-state index is 12.5. The van der Waals surface area contributed by atoms with Gasteiger partial charge >= 0.3 is 0 Å². The van der Waals surface area contributed by atoms with Gasteiger partial charge in [-0.1, -0.05) is 23.7 Å². The van der Waals surface area contributed by atoms with Crippen LogP contribution in [-0.2, 0) is 15.4 Å². The molecular weight excluding hydrogens is 362 g/mol. The van der Waals surface area contributed by atoms with E-state index in [2.05, 4.69) is 4.72 Å². The Morgan fingerprint density at radius 1 is 1.04 bits per heavy atom. The Hall–Kier alpha value is -1.76. The fraction of sp³-hybridized carbons (Fsp3) is 0.333. The molecule has 1 fully saturated rings. The van der Waals surface area contributed by atoms with Gasteiger partial charge in [0.25, 0.3) is 0 Å². The van der Waals surface area contributed by atoms with Gasteiger partial charge in [0.15, 0.2) is 11.5 Å². The van der Waals surface area contributed by atoms with Gasteiger partial charge in [0.2, 0.25) is 10.0 Å². The highest BCUT2D eigenvalue weighted by molar-refractivity contribution is 7.89. The van der Waals surface area contributed by atoms with Gasteiger partial charge in [-0.25, -0.2) is 13.1 Å². The van der Waals surface area contributed by atoms with Crippen LogP contribution in [-0.4, -0.2) is 28.2 Å². The molecular formula is C18H18ClNO4S. The molecule has 0 unspecified atom stereocenters. The minimum Gasteiger partial charge on any atom is -0.486 e. The quantitative estimate of drug-likeness (QED) is 0.866. The van der Waals surface area contributed by atoms with Crippen molar-refractivity contribution in [1.29, 1.82) is 0 Å². The molecule has 1 aliphatic carbocycles. The van der Waals surface area contributed by atoms with Crippen molar-refractivity contribution in [2.45, 2.75) is 23.2 Å². The molecule has 0 aromatic heterocycles. The van der Waals surface area contributed by atoms with Crippen LogP contribution in [0.2, 0.25) is 5.02 Å². The zero-order valence-electron chi connectivity index (χ0n) is 13.5. The van der Waals surface area contributed by atoms with Gasteiger partial charge in [-0.2, -0.15) is 0 Å². The van der Waals surface area contributed by atoms with Crippen LogP contribution in [0.4, 0.5) is 0 Å². The third-order valence-electron chi connectivity index (χ3n) is 4.72. The number of sulfonamides is 1. The highest BCUT2D eigenvalue weighted by Crippen LogP contribution is 2.49. The van der Waals surface area contributed by atoms with E-state index in [1.807, 2.05) is 18.2 Å². The second kappa shape index (κ2) is 6.20. The van der Waals surface area contributed by atoms with Gasteiger partial charge in [0.05, 0.1) is 4.90 Å². The van der Waals surface area contributed by atoms with Crippen LogP contribution >= 0.6 is 11.6 Å². The molecule has 1 aliphatic heterocycles. The van der Waals surface area contributed by atoms with Gasteiger partial charge in [-0.05, 0) is 48.7 Å². The molecule has 4 rings (SSSR count). The Bertz CT molecular complexity index is 909. The van der Waals surface area contributed by atoms with Crippen LogP contribution < -0.4 is 14.2 Å². The maximum atomic E-state index is 12.5. The molecule has 2 aromatic carbocycles. The molecule has 1 heterocycles. The lowest BCUT2D eigenvalue weighted by atomic mass is 9.96. The summed E-state index contributed by atoms with van der Waals surface area (Å²) in [6.07, 6.45) is 1.87. The minimum atomic E-state index is -3.59. The molecule has 1 N–H and O–H groups in total. The molecule has 0 saturated heterocycles. The van der Waals surface area contributed by atoms with Crippen LogP contribution in [0.25, 0.3) is 0 Å². The van der Waals surface area contributed by atoms with Gasteiger partial charge < -0.3 is 9.47 Å². The van der Waals surface area contributed by atoms with Crippen molar-refractivity contribution in [3.05, 3.63) is 53.1 Å². The molecule has 0 radical (unpaired) electrons. The maximum Gasteiger partial charge on any atom is 0.240 e. The van der Waals surface area contributed by atoms with E-state index in [4.69, 9.17) is 21.1 Å². The van der Waals surface area contributed by atoms with Crippen molar-refractivity contribution >= 4 is 21.6 Å². The van der Waals surface area contributed by atoms with E-state index >= 15 is 0 Å². The summed E-state index contributed by atoms with van der Waals surface area (Å²) >= 11 is 5.90. The molecule has 0 spiro atoms. The molecule has 0 bridgehead atoms. The van der Waals surface area contributed by atoms with Gasteiger partial charge in [0.1, 0.15) is 13.2 Å². The monoisotopic (exact) mass is 379 g/mol. The SMILES string of the molecule is O=S(=O)(NCC1(c2ccc3c(c2)OCCO3)CC1)c1cccc(Cl)c1. The highest BCUT2D eigenvalue weighted by Gasteiger charge is 2.45. The lowest BCUT2D eigenvalue weighted by molar-refractivity contribution is 0.171. The summed E-state index contributed by atoms with van der Waals surface area (Å²) in [6.45, 7) is 1.43. The molecule has 25 heavy (non-hydrogen) atoms. The number of rotatable bonds is 5. The summed E-state index contributed by atoms with van der Waals surface area (Å²) in [7, 11) is -3.59. The van der Waals surface area contributed by atoms with E-state index < -0.39 is 10.0 Å². The predicted molar refractivity (Wildman–Crippen MR) is 95.0 cm³/mol. The van der Waals surface area contributed by atoms with Crippen LogP contribution in [0.5, 0.6) is 11.5 Å². The lowest BCUT2D eigenvalue weighted by Gasteiger charge is -2.22. The van der Waals surface area contributed by atoms with E-state index in [0.29, 0.717) is 24.8 Å². The van der Waals surface area contributed by atoms with Crippen molar-refractivity contribution in [3.8, 4) is 11.5 Å². The van der Waals surface area contributed by atoms with Gasteiger partial charge in [0, 0.05) is 17.0 Å². The van der Waals surface area contributed by atoms with Crippen molar-refractivity contribution < 1.29 is 17.9 Å². The fourth-order valence-electron chi connectivity index (χ4n) is 3.04. The summed E-state index contributed by atoms with van der Waals surface area (Å²) in [5, 5.41) is 0.399. The van der Waals surface area contributed by atoms with E-state index in [1.165, 1.54) is 12.1 Å².